The first-order valence-electron chi connectivity index (χ1n) is 7.57. The van der Waals surface area contributed by atoms with Crippen molar-refractivity contribution in [2.75, 3.05) is 13.3 Å². The number of nitrogens with zero attached hydrogens (tertiary/aromatic N) is 2. The summed E-state index contributed by atoms with van der Waals surface area (Å²) in [6, 6.07) is 15.7. The van der Waals surface area contributed by atoms with Gasteiger partial charge >= 0.3 is 0 Å². The number of fused-ring (bicyclic) bond motifs is 1. The fourth-order valence-corrected chi connectivity index (χ4v) is 2.72. The number of para-hydroxylation sites is 2. The van der Waals surface area contributed by atoms with Crippen LogP contribution in [0.2, 0.25) is 0 Å². The fourth-order valence-electron chi connectivity index (χ4n) is 2.31. The Morgan fingerprint density at radius 3 is 2.67 bits per heavy atom. The van der Waals surface area contributed by atoms with Crippen LogP contribution in [0.15, 0.2) is 63.9 Å². The molecule has 0 saturated carbocycles. The van der Waals surface area contributed by atoms with Crippen molar-refractivity contribution >= 4 is 34.8 Å². The van der Waals surface area contributed by atoms with Gasteiger partial charge in [-0.2, -0.15) is 0 Å². The van der Waals surface area contributed by atoms with E-state index in [-0.39, 0.29) is 5.91 Å². The number of carbonyl (C=O) groups is 1. The average molecular weight is 338 g/mol. The van der Waals surface area contributed by atoms with Crippen molar-refractivity contribution in [1.29, 1.82) is 0 Å². The summed E-state index contributed by atoms with van der Waals surface area (Å²) in [5, 5.41) is 0. The molecule has 0 spiro atoms. The highest BCUT2D eigenvalue weighted by atomic mass is 32.2. The van der Waals surface area contributed by atoms with Crippen LogP contribution in [-0.4, -0.2) is 29.1 Å². The van der Waals surface area contributed by atoms with Crippen LogP contribution in [-0.2, 0) is 11.3 Å². The monoisotopic (exact) mass is 338 g/mol. The van der Waals surface area contributed by atoms with Crippen LogP contribution in [0.1, 0.15) is 11.5 Å². The largest absolute Gasteiger partial charge is 0.437 e. The Bertz CT molecular complexity index is 835. The molecule has 0 bridgehead atoms. The Morgan fingerprint density at radius 2 is 1.96 bits per heavy atom. The smallest absolute Gasteiger partial charge is 0.246 e. The fraction of sp³-hybridized carbons (Fsp3) is 0.158. The lowest BCUT2D eigenvalue weighted by Crippen LogP contribution is -2.24. The molecule has 4 nitrogen and oxygen atoms in total. The molecular formula is C19H18N2O2S. The number of rotatable bonds is 5. The van der Waals surface area contributed by atoms with Crippen LogP contribution in [0.5, 0.6) is 0 Å². The van der Waals surface area contributed by atoms with Crippen LogP contribution < -0.4 is 0 Å². The van der Waals surface area contributed by atoms with Gasteiger partial charge in [0.2, 0.25) is 11.8 Å². The first-order valence-corrected chi connectivity index (χ1v) is 8.80. The van der Waals surface area contributed by atoms with Gasteiger partial charge in [0.1, 0.15) is 5.52 Å². The maximum absolute atomic E-state index is 12.2. The van der Waals surface area contributed by atoms with Crippen molar-refractivity contribution in [3.05, 3.63) is 66.1 Å². The van der Waals surface area contributed by atoms with Gasteiger partial charge in [-0.05, 0) is 36.1 Å². The third-order valence-corrected chi connectivity index (χ3v) is 4.38. The lowest BCUT2D eigenvalue weighted by atomic mass is 10.2. The highest BCUT2D eigenvalue weighted by Crippen LogP contribution is 2.17. The van der Waals surface area contributed by atoms with Gasteiger partial charge in [-0.25, -0.2) is 4.98 Å². The zero-order chi connectivity index (χ0) is 16.9. The second-order valence-corrected chi connectivity index (χ2v) is 6.28. The molecule has 2 aromatic carbocycles. The van der Waals surface area contributed by atoms with Gasteiger partial charge in [0.05, 0.1) is 0 Å². The quantitative estimate of drug-likeness (QED) is 0.516. The van der Waals surface area contributed by atoms with Crippen molar-refractivity contribution in [2.24, 2.45) is 0 Å². The summed E-state index contributed by atoms with van der Waals surface area (Å²) < 4.78 is 5.57. The maximum atomic E-state index is 12.2. The number of likely N-dealkylation sites (N-methyl/N-ethyl adjacent to an activating group) is 1. The van der Waals surface area contributed by atoms with E-state index in [0.717, 1.165) is 11.1 Å². The Hall–Kier alpha value is -2.53. The van der Waals surface area contributed by atoms with Gasteiger partial charge in [-0.3, -0.25) is 4.79 Å². The summed E-state index contributed by atoms with van der Waals surface area (Å²) >= 11 is 1.70. The van der Waals surface area contributed by atoms with Gasteiger partial charge in [0, 0.05) is 30.6 Å². The van der Waals surface area contributed by atoms with Crippen molar-refractivity contribution in [1.82, 2.24) is 9.88 Å². The van der Waals surface area contributed by atoms with Gasteiger partial charge in [0.15, 0.2) is 5.58 Å². The van der Waals surface area contributed by atoms with E-state index in [1.54, 1.807) is 29.8 Å². The molecule has 24 heavy (non-hydrogen) atoms. The van der Waals surface area contributed by atoms with Gasteiger partial charge < -0.3 is 9.32 Å². The molecule has 0 fully saturated rings. The van der Waals surface area contributed by atoms with Crippen LogP contribution in [0.3, 0.4) is 0 Å². The summed E-state index contributed by atoms with van der Waals surface area (Å²) in [6.07, 6.45) is 5.14. The molecular weight excluding hydrogens is 320 g/mol. The molecule has 1 heterocycles. The molecule has 1 amide bonds. The third-order valence-electron chi connectivity index (χ3n) is 3.63. The molecule has 0 N–H and O–H groups in total. The molecule has 122 valence electrons. The summed E-state index contributed by atoms with van der Waals surface area (Å²) in [5.74, 6) is 0.341. The lowest BCUT2D eigenvalue weighted by Gasteiger charge is -2.15. The standard InChI is InChI=1S/C19H18N2O2S/c1-21(13-14-7-9-15(24-2)10-8-14)19(22)12-11-18-20-16-5-3-4-6-17(16)23-18/h3-12H,13H2,1-2H3/b12-11+. The molecule has 3 rings (SSSR count). The average Bonchev–Trinajstić information content (AvgIpc) is 3.03. The van der Waals surface area contributed by atoms with Crippen molar-refractivity contribution < 1.29 is 9.21 Å². The van der Waals surface area contributed by atoms with E-state index >= 15 is 0 Å². The number of amides is 1. The second-order valence-electron chi connectivity index (χ2n) is 5.40. The molecule has 0 atom stereocenters. The summed E-state index contributed by atoms with van der Waals surface area (Å²) in [4.78, 5) is 19.4. The Balaban J connectivity index is 1.64. The predicted molar refractivity (Wildman–Crippen MR) is 97.7 cm³/mol. The number of hydrogen-bond donors (Lipinski definition) is 0. The van der Waals surface area contributed by atoms with Gasteiger partial charge in [0.25, 0.3) is 0 Å². The second kappa shape index (κ2) is 7.36. The molecule has 0 aliphatic carbocycles. The van der Waals surface area contributed by atoms with E-state index in [2.05, 4.69) is 17.1 Å². The summed E-state index contributed by atoms with van der Waals surface area (Å²) in [6.45, 7) is 0.561. The van der Waals surface area contributed by atoms with E-state index in [4.69, 9.17) is 4.42 Å². The number of hydrogen-bond acceptors (Lipinski definition) is 4. The minimum Gasteiger partial charge on any atom is -0.437 e. The topological polar surface area (TPSA) is 46.3 Å². The molecule has 3 aromatic rings. The van der Waals surface area contributed by atoms with Crippen molar-refractivity contribution in [3.63, 3.8) is 0 Å². The van der Waals surface area contributed by atoms with E-state index in [1.807, 2.05) is 42.7 Å². The third kappa shape index (κ3) is 3.86. The summed E-state index contributed by atoms with van der Waals surface area (Å²) in [7, 11) is 1.78. The van der Waals surface area contributed by atoms with Crippen molar-refractivity contribution in [3.8, 4) is 0 Å². The Kier molecular flexibility index (Phi) is 5.01. The molecule has 0 aliphatic rings. The molecule has 0 unspecified atom stereocenters. The highest BCUT2D eigenvalue weighted by Gasteiger charge is 2.07. The zero-order valence-electron chi connectivity index (χ0n) is 13.6. The molecule has 0 radical (unpaired) electrons. The highest BCUT2D eigenvalue weighted by molar-refractivity contribution is 7.98. The SMILES string of the molecule is CSc1ccc(CN(C)C(=O)/C=C/c2nc3ccccc3o2)cc1. The molecule has 1 aromatic heterocycles. The van der Waals surface area contributed by atoms with Crippen LogP contribution >= 0.6 is 11.8 Å². The van der Waals surface area contributed by atoms with E-state index in [1.165, 1.54) is 11.0 Å². The molecule has 5 heteroatoms. The first kappa shape index (κ1) is 16.3. The van der Waals surface area contributed by atoms with Crippen molar-refractivity contribution in [2.45, 2.75) is 11.4 Å². The number of thioether (sulfide) groups is 1. The van der Waals surface area contributed by atoms with E-state index in [0.29, 0.717) is 18.0 Å². The van der Waals surface area contributed by atoms with Gasteiger partial charge in [-0.15, -0.1) is 11.8 Å². The zero-order valence-corrected chi connectivity index (χ0v) is 14.4. The Labute approximate surface area is 145 Å². The van der Waals surface area contributed by atoms with Crippen LogP contribution in [0.4, 0.5) is 0 Å². The minimum absolute atomic E-state index is 0.0915. The Morgan fingerprint density at radius 1 is 1.21 bits per heavy atom. The van der Waals surface area contributed by atoms with Gasteiger partial charge in [-0.1, -0.05) is 24.3 Å². The number of aromatic nitrogens is 1. The lowest BCUT2D eigenvalue weighted by molar-refractivity contribution is -0.125. The number of carbonyl (C=O) groups excluding carboxylic acids is 1. The minimum atomic E-state index is -0.0915. The summed E-state index contributed by atoms with van der Waals surface area (Å²) in [5.41, 5.74) is 2.59. The molecule has 0 saturated heterocycles. The first-order chi connectivity index (χ1) is 11.7. The van der Waals surface area contributed by atoms with E-state index < -0.39 is 0 Å². The van der Waals surface area contributed by atoms with Crippen LogP contribution in [0, 0.1) is 0 Å². The van der Waals surface area contributed by atoms with Crippen LogP contribution in [0.25, 0.3) is 17.2 Å². The predicted octanol–water partition coefficient (Wildman–Crippen LogP) is 4.22. The number of benzene rings is 2. The molecule has 0 aliphatic heterocycles. The maximum Gasteiger partial charge on any atom is 0.246 e. The van der Waals surface area contributed by atoms with E-state index in [9.17, 15) is 4.79 Å². The number of oxazole rings is 1. The normalized spacial score (nSPS) is 11.2.